The highest BCUT2D eigenvalue weighted by atomic mass is 32.1. The van der Waals surface area contributed by atoms with Gasteiger partial charge in [0.25, 0.3) is 5.91 Å². The highest BCUT2D eigenvalue weighted by Crippen LogP contribution is 2.29. The number of carbonyl (C=O) groups excluding carboxylic acids is 1. The van der Waals surface area contributed by atoms with Crippen LogP contribution in [0.15, 0.2) is 35.7 Å². The number of carbonyl (C=O) groups is 1. The average molecular weight is 327 g/mol. The van der Waals surface area contributed by atoms with Crippen molar-refractivity contribution in [3.8, 4) is 11.5 Å². The van der Waals surface area contributed by atoms with Crippen molar-refractivity contribution in [2.75, 3.05) is 7.11 Å². The summed E-state index contributed by atoms with van der Waals surface area (Å²) >= 11 is 1.54. The zero-order valence-electron chi connectivity index (χ0n) is 12.0. The van der Waals surface area contributed by atoms with Gasteiger partial charge in [0.05, 0.1) is 13.2 Å². The molecule has 0 saturated heterocycles. The molecule has 118 valence electrons. The third-order valence-corrected chi connectivity index (χ3v) is 4.01. The number of alkyl halides is 2. The molecule has 2 aromatic rings. The summed E-state index contributed by atoms with van der Waals surface area (Å²) in [4.78, 5) is 13.2. The van der Waals surface area contributed by atoms with E-state index in [-0.39, 0.29) is 23.4 Å². The molecule has 1 unspecified atom stereocenters. The van der Waals surface area contributed by atoms with Gasteiger partial charge >= 0.3 is 6.61 Å². The molecule has 1 amide bonds. The van der Waals surface area contributed by atoms with Crippen LogP contribution in [0.3, 0.4) is 0 Å². The molecular weight excluding hydrogens is 312 g/mol. The molecule has 1 N–H and O–H groups in total. The number of methoxy groups -OCH3 is 1. The van der Waals surface area contributed by atoms with Crippen molar-refractivity contribution < 1.29 is 23.0 Å². The molecular formula is C15H15F2NO3S. The molecule has 0 fully saturated rings. The minimum absolute atomic E-state index is 0.0803. The number of amides is 1. The van der Waals surface area contributed by atoms with Crippen LogP contribution in [-0.4, -0.2) is 19.6 Å². The maximum atomic E-state index is 12.3. The van der Waals surface area contributed by atoms with E-state index in [4.69, 9.17) is 4.74 Å². The quantitative estimate of drug-likeness (QED) is 0.877. The third kappa shape index (κ3) is 3.94. The van der Waals surface area contributed by atoms with E-state index in [0.717, 1.165) is 4.88 Å². The van der Waals surface area contributed by atoms with Gasteiger partial charge in [0.2, 0.25) is 0 Å². The molecule has 0 bridgehead atoms. The number of benzene rings is 1. The summed E-state index contributed by atoms with van der Waals surface area (Å²) in [6.07, 6.45) is 0. The first-order chi connectivity index (χ1) is 10.5. The number of rotatable bonds is 6. The SMILES string of the molecule is COc1cc(C(=O)NC(C)c2cccs2)ccc1OC(F)F. The highest BCUT2D eigenvalue weighted by molar-refractivity contribution is 7.10. The van der Waals surface area contributed by atoms with E-state index < -0.39 is 6.61 Å². The van der Waals surface area contributed by atoms with Gasteiger partial charge < -0.3 is 14.8 Å². The first kappa shape index (κ1) is 16.2. The van der Waals surface area contributed by atoms with E-state index in [2.05, 4.69) is 10.1 Å². The molecule has 0 spiro atoms. The molecule has 22 heavy (non-hydrogen) atoms. The Balaban J connectivity index is 2.12. The van der Waals surface area contributed by atoms with Gasteiger partial charge in [-0.25, -0.2) is 0 Å². The summed E-state index contributed by atoms with van der Waals surface area (Å²) in [6.45, 7) is -1.08. The van der Waals surface area contributed by atoms with E-state index in [1.54, 1.807) is 11.3 Å². The largest absolute Gasteiger partial charge is 0.493 e. The predicted octanol–water partition coefficient (Wildman–Crippen LogP) is 3.85. The summed E-state index contributed by atoms with van der Waals surface area (Å²) < 4.78 is 33.8. The van der Waals surface area contributed by atoms with E-state index in [1.165, 1.54) is 25.3 Å². The van der Waals surface area contributed by atoms with Crippen LogP contribution in [0.5, 0.6) is 11.5 Å². The Morgan fingerprint density at radius 1 is 1.27 bits per heavy atom. The molecule has 1 heterocycles. The topological polar surface area (TPSA) is 47.6 Å². The van der Waals surface area contributed by atoms with Crippen LogP contribution in [0.4, 0.5) is 8.78 Å². The second-order valence-corrected chi connectivity index (χ2v) is 5.43. The molecule has 0 aliphatic rings. The molecule has 1 atom stereocenters. The zero-order chi connectivity index (χ0) is 16.1. The minimum Gasteiger partial charge on any atom is -0.493 e. The van der Waals surface area contributed by atoms with Gasteiger partial charge in [-0.15, -0.1) is 11.3 Å². The van der Waals surface area contributed by atoms with Crippen molar-refractivity contribution >= 4 is 17.2 Å². The summed E-state index contributed by atoms with van der Waals surface area (Å²) in [5, 5.41) is 4.77. The van der Waals surface area contributed by atoms with E-state index in [9.17, 15) is 13.6 Å². The van der Waals surface area contributed by atoms with E-state index in [1.807, 2.05) is 24.4 Å². The normalized spacial score (nSPS) is 12.0. The Hall–Kier alpha value is -2.15. The first-order valence-electron chi connectivity index (χ1n) is 6.48. The number of hydrogen-bond acceptors (Lipinski definition) is 4. The van der Waals surface area contributed by atoms with Crippen LogP contribution in [-0.2, 0) is 0 Å². The van der Waals surface area contributed by atoms with Crippen LogP contribution in [0.25, 0.3) is 0 Å². The Labute approximate surface area is 130 Å². The minimum atomic E-state index is -2.95. The van der Waals surface area contributed by atoms with Crippen molar-refractivity contribution in [2.24, 2.45) is 0 Å². The fourth-order valence-electron chi connectivity index (χ4n) is 1.89. The van der Waals surface area contributed by atoms with Crippen LogP contribution in [0.1, 0.15) is 28.2 Å². The number of thiophene rings is 1. The lowest BCUT2D eigenvalue weighted by atomic mass is 10.1. The molecule has 4 nitrogen and oxygen atoms in total. The molecule has 1 aromatic carbocycles. The van der Waals surface area contributed by atoms with Gasteiger partial charge in [0.1, 0.15) is 0 Å². The Morgan fingerprint density at radius 2 is 2.05 bits per heavy atom. The lowest BCUT2D eigenvalue weighted by molar-refractivity contribution is -0.0512. The van der Waals surface area contributed by atoms with Crippen LogP contribution >= 0.6 is 11.3 Å². The van der Waals surface area contributed by atoms with Crippen LogP contribution in [0.2, 0.25) is 0 Å². The van der Waals surface area contributed by atoms with Crippen LogP contribution in [0, 0.1) is 0 Å². The van der Waals surface area contributed by atoms with Crippen molar-refractivity contribution in [1.29, 1.82) is 0 Å². The molecule has 0 aliphatic heterocycles. The van der Waals surface area contributed by atoms with Crippen molar-refractivity contribution in [1.82, 2.24) is 5.32 Å². The van der Waals surface area contributed by atoms with Gasteiger partial charge in [0, 0.05) is 10.4 Å². The second kappa shape index (κ2) is 7.22. The number of hydrogen-bond donors (Lipinski definition) is 1. The zero-order valence-corrected chi connectivity index (χ0v) is 12.8. The number of halogens is 2. The smallest absolute Gasteiger partial charge is 0.387 e. The Morgan fingerprint density at radius 3 is 2.64 bits per heavy atom. The van der Waals surface area contributed by atoms with Crippen molar-refractivity contribution in [3.05, 3.63) is 46.2 Å². The average Bonchev–Trinajstić information content (AvgIpc) is 3.01. The number of nitrogens with one attached hydrogen (secondary N) is 1. The van der Waals surface area contributed by atoms with Gasteiger partial charge in [0.15, 0.2) is 11.5 Å². The van der Waals surface area contributed by atoms with Crippen molar-refractivity contribution in [3.63, 3.8) is 0 Å². The monoisotopic (exact) mass is 327 g/mol. The van der Waals surface area contributed by atoms with Gasteiger partial charge in [-0.2, -0.15) is 8.78 Å². The molecule has 0 saturated carbocycles. The van der Waals surface area contributed by atoms with E-state index in [0.29, 0.717) is 5.56 Å². The standard InChI is InChI=1S/C15H15F2NO3S/c1-9(13-4-3-7-22-13)18-14(19)10-5-6-11(21-15(16)17)12(8-10)20-2/h3-9,15H,1-2H3,(H,18,19). The molecule has 0 aliphatic carbocycles. The van der Waals surface area contributed by atoms with Gasteiger partial charge in [-0.3, -0.25) is 4.79 Å². The lowest BCUT2D eigenvalue weighted by Crippen LogP contribution is -2.26. The molecule has 1 aromatic heterocycles. The van der Waals surface area contributed by atoms with Crippen LogP contribution < -0.4 is 14.8 Å². The molecule has 7 heteroatoms. The summed E-state index contributed by atoms with van der Waals surface area (Å²) in [5.41, 5.74) is 0.307. The first-order valence-corrected chi connectivity index (χ1v) is 7.36. The molecule has 0 radical (unpaired) electrons. The van der Waals surface area contributed by atoms with Gasteiger partial charge in [-0.1, -0.05) is 6.07 Å². The van der Waals surface area contributed by atoms with Gasteiger partial charge in [-0.05, 0) is 36.6 Å². The fourth-order valence-corrected chi connectivity index (χ4v) is 2.63. The second-order valence-electron chi connectivity index (χ2n) is 4.45. The lowest BCUT2D eigenvalue weighted by Gasteiger charge is -2.14. The maximum absolute atomic E-state index is 12.3. The third-order valence-electron chi connectivity index (χ3n) is 2.96. The maximum Gasteiger partial charge on any atom is 0.387 e. The van der Waals surface area contributed by atoms with E-state index >= 15 is 0 Å². The predicted molar refractivity (Wildman–Crippen MR) is 79.8 cm³/mol. The summed E-state index contributed by atoms with van der Waals surface area (Å²) in [5.74, 6) is -0.347. The van der Waals surface area contributed by atoms with Crippen molar-refractivity contribution in [2.45, 2.75) is 19.6 Å². The fraction of sp³-hybridized carbons (Fsp3) is 0.267. The summed E-state index contributed by atoms with van der Waals surface area (Å²) in [7, 11) is 1.32. The summed E-state index contributed by atoms with van der Waals surface area (Å²) in [6, 6.07) is 7.76. The highest BCUT2D eigenvalue weighted by Gasteiger charge is 2.16. The Bertz CT molecular complexity index is 632. The Kier molecular flexibility index (Phi) is 5.32. The molecule has 2 rings (SSSR count). The number of ether oxygens (including phenoxy) is 2.